The molecule has 1 saturated heterocycles. The zero-order valence-electron chi connectivity index (χ0n) is 13.5. The number of aryl methyl sites for hydroxylation is 1. The van der Waals surface area contributed by atoms with Crippen LogP contribution in [-0.2, 0) is 4.79 Å². The number of nitrogens with zero attached hydrogens (tertiary/aromatic N) is 2. The van der Waals surface area contributed by atoms with E-state index in [4.69, 9.17) is 4.42 Å². The minimum Gasteiger partial charge on any atom is -0.441 e. The molecule has 1 aromatic carbocycles. The standard InChI is InChI=1S/C17H23N3O2/c1-4-8-20-9-7-17(3,11-20)16(21)19-13-5-6-14-15(10-13)22-12(2)18-14/h5-6,10H,4,7-9,11H2,1-3H3,(H,19,21). The Morgan fingerprint density at radius 1 is 1.50 bits per heavy atom. The summed E-state index contributed by atoms with van der Waals surface area (Å²) in [7, 11) is 0. The monoisotopic (exact) mass is 301 g/mol. The molecule has 5 heteroatoms. The van der Waals surface area contributed by atoms with Gasteiger partial charge in [0.1, 0.15) is 5.52 Å². The van der Waals surface area contributed by atoms with Crippen molar-refractivity contribution in [2.75, 3.05) is 25.0 Å². The van der Waals surface area contributed by atoms with Gasteiger partial charge in [0, 0.05) is 25.2 Å². The summed E-state index contributed by atoms with van der Waals surface area (Å²) in [5.74, 6) is 0.720. The summed E-state index contributed by atoms with van der Waals surface area (Å²) < 4.78 is 5.52. The van der Waals surface area contributed by atoms with Crippen molar-refractivity contribution < 1.29 is 9.21 Å². The highest BCUT2D eigenvalue weighted by atomic mass is 16.3. The number of nitrogens with one attached hydrogen (secondary N) is 1. The number of anilines is 1. The SMILES string of the molecule is CCCN1CCC(C)(C(=O)Nc2ccc3nc(C)oc3c2)C1. The lowest BCUT2D eigenvalue weighted by Gasteiger charge is -2.23. The van der Waals surface area contributed by atoms with Crippen molar-refractivity contribution in [3.63, 3.8) is 0 Å². The molecule has 1 amide bonds. The van der Waals surface area contributed by atoms with Crippen molar-refractivity contribution in [1.29, 1.82) is 0 Å². The molecule has 1 fully saturated rings. The molecule has 0 radical (unpaired) electrons. The summed E-state index contributed by atoms with van der Waals surface area (Å²) >= 11 is 0. The molecular formula is C17H23N3O2. The smallest absolute Gasteiger partial charge is 0.231 e. The van der Waals surface area contributed by atoms with Gasteiger partial charge in [-0.05, 0) is 45.0 Å². The Hall–Kier alpha value is -1.88. The largest absolute Gasteiger partial charge is 0.441 e. The van der Waals surface area contributed by atoms with Crippen LogP contribution in [0.15, 0.2) is 22.6 Å². The van der Waals surface area contributed by atoms with Crippen LogP contribution >= 0.6 is 0 Å². The molecule has 1 aromatic heterocycles. The van der Waals surface area contributed by atoms with Gasteiger partial charge in [0.2, 0.25) is 5.91 Å². The summed E-state index contributed by atoms with van der Waals surface area (Å²) in [6, 6.07) is 5.60. The molecule has 1 unspecified atom stereocenters. The van der Waals surface area contributed by atoms with E-state index in [2.05, 4.69) is 29.0 Å². The summed E-state index contributed by atoms with van der Waals surface area (Å²) in [4.78, 5) is 19.3. The lowest BCUT2D eigenvalue weighted by molar-refractivity contribution is -0.124. The molecular weight excluding hydrogens is 278 g/mol. The molecule has 0 saturated carbocycles. The number of benzene rings is 1. The van der Waals surface area contributed by atoms with E-state index in [9.17, 15) is 4.79 Å². The van der Waals surface area contributed by atoms with Crippen LogP contribution in [0.4, 0.5) is 5.69 Å². The van der Waals surface area contributed by atoms with Crippen molar-refractivity contribution >= 4 is 22.7 Å². The first-order valence-corrected chi connectivity index (χ1v) is 7.91. The number of aromatic nitrogens is 1. The van der Waals surface area contributed by atoms with Gasteiger partial charge in [0.15, 0.2) is 11.5 Å². The zero-order chi connectivity index (χ0) is 15.7. The van der Waals surface area contributed by atoms with E-state index in [1.807, 2.05) is 25.1 Å². The molecule has 1 N–H and O–H groups in total. The second-order valence-corrected chi connectivity index (χ2v) is 6.46. The maximum absolute atomic E-state index is 12.6. The number of fused-ring (bicyclic) bond motifs is 1. The van der Waals surface area contributed by atoms with Crippen molar-refractivity contribution in [3.8, 4) is 0 Å². The van der Waals surface area contributed by atoms with Crippen molar-refractivity contribution in [1.82, 2.24) is 9.88 Å². The number of hydrogen-bond donors (Lipinski definition) is 1. The fourth-order valence-corrected chi connectivity index (χ4v) is 3.15. The number of amides is 1. The predicted molar refractivity (Wildman–Crippen MR) is 86.8 cm³/mol. The van der Waals surface area contributed by atoms with E-state index in [0.717, 1.165) is 43.7 Å². The van der Waals surface area contributed by atoms with E-state index in [0.29, 0.717) is 11.5 Å². The lowest BCUT2D eigenvalue weighted by Crippen LogP contribution is -2.36. The van der Waals surface area contributed by atoms with Gasteiger partial charge in [-0.1, -0.05) is 6.92 Å². The Balaban J connectivity index is 1.72. The third-order valence-electron chi connectivity index (χ3n) is 4.39. The van der Waals surface area contributed by atoms with Crippen LogP contribution in [0.2, 0.25) is 0 Å². The number of hydrogen-bond acceptors (Lipinski definition) is 4. The minimum atomic E-state index is -0.318. The molecule has 2 heterocycles. The summed E-state index contributed by atoms with van der Waals surface area (Å²) in [6.45, 7) is 8.93. The van der Waals surface area contributed by atoms with E-state index in [1.165, 1.54) is 0 Å². The van der Waals surface area contributed by atoms with Crippen LogP contribution in [0.5, 0.6) is 0 Å². The van der Waals surface area contributed by atoms with Gasteiger partial charge in [-0.3, -0.25) is 4.79 Å². The average molecular weight is 301 g/mol. The maximum Gasteiger partial charge on any atom is 0.231 e. The molecule has 5 nitrogen and oxygen atoms in total. The van der Waals surface area contributed by atoms with E-state index < -0.39 is 0 Å². The minimum absolute atomic E-state index is 0.0849. The summed E-state index contributed by atoms with van der Waals surface area (Å²) in [6.07, 6.45) is 2.03. The number of oxazole rings is 1. The maximum atomic E-state index is 12.6. The molecule has 0 bridgehead atoms. The normalized spacial score (nSPS) is 22.3. The predicted octanol–water partition coefficient (Wildman–Crippen LogP) is 3.20. The third kappa shape index (κ3) is 2.86. The first-order chi connectivity index (χ1) is 10.5. The molecule has 0 aliphatic carbocycles. The zero-order valence-corrected chi connectivity index (χ0v) is 13.5. The Morgan fingerprint density at radius 3 is 3.09 bits per heavy atom. The number of rotatable bonds is 4. The number of carbonyl (C=O) groups is 1. The Kier molecular flexibility index (Phi) is 3.91. The molecule has 2 aromatic rings. The molecule has 1 aliphatic heterocycles. The molecule has 118 valence electrons. The van der Waals surface area contributed by atoms with Gasteiger partial charge in [0.05, 0.1) is 5.41 Å². The fraction of sp³-hybridized carbons (Fsp3) is 0.529. The van der Waals surface area contributed by atoms with Gasteiger partial charge in [-0.15, -0.1) is 0 Å². The second-order valence-electron chi connectivity index (χ2n) is 6.46. The Morgan fingerprint density at radius 2 is 2.32 bits per heavy atom. The quantitative estimate of drug-likeness (QED) is 0.942. The Labute approximate surface area is 130 Å². The van der Waals surface area contributed by atoms with E-state index >= 15 is 0 Å². The molecule has 1 atom stereocenters. The van der Waals surface area contributed by atoms with Crippen LogP contribution in [0.1, 0.15) is 32.6 Å². The van der Waals surface area contributed by atoms with Gasteiger partial charge in [-0.25, -0.2) is 4.98 Å². The first-order valence-electron chi connectivity index (χ1n) is 7.91. The van der Waals surface area contributed by atoms with Gasteiger partial charge in [-0.2, -0.15) is 0 Å². The third-order valence-corrected chi connectivity index (χ3v) is 4.39. The fourth-order valence-electron chi connectivity index (χ4n) is 3.15. The second kappa shape index (κ2) is 5.72. The van der Waals surface area contributed by atoms with Crippen LogP contribution in [0.25, 0.3) is 11.1 Å². The van der Waals surface area contributed by atoms with Crippen LogP contribution in [-0.4, -0.2) is 35.4 Å². The van der Waals surface area contributed by atoms with Crippen molar-refractivity contribution in [3.05, 3.63) is 24.1 Å². The number of likely N-dealkylation sites (tertiary alicyclic amines) is 1. The molecule has 0 spiro atoms. The lowest BCUT2D eigenvalue weighted by atomic mass is 9.88. The Bertz CT molecular complexity index is 694. The molecule has 22 heavy (non-hydrogen) atoms. The van der Waals surface area contributed by atoms with Gasteiger partial charge in [0.25, 0.3) is 0 Å². The summed E-state index contributed by atoms with van der Waals surface area (Å²) in [5, 5.41) is 3.04. The van der Waals surface area contributed by atoms with Crippen LogP contribution in [0, 0.1) is 12.3 Å². The van der Waals surface area contributed by atoms with Crippen molar-refractivity contribution in [2.24, 2.45) is 5.41 Å². The molecule has 1 aliphatic rings. The first kappa shape index (κ1) is 15.0. The van der Waals surface area contributed by atoms with Crippen LogP contribution < -0.4 is 5.32 Å². The van der Waals surface area contributed by atoms with E-state index in [-0.39, 0.29) is 11.3 Å². The highest BCUT2D eigenvalue weighted by molar-refractivity contribution is 5.96. The summed E-state index contributed by atoms with van der Waals surface area (Å²) in [5.41, 5.74) is 1.97. The molecule has 3 rings (SSSR count). The van der Waals surface area contributed by atoms with Gasteiger partial charge >= 0.3 is 0 Å². The van der Waals surface area contributed by atoms with Crippen molar-refractivity contribution in [2.45, 2.75) is 33.6 Å². The number of carbonyl (C=O) groups excluding carboxylic acids is 1. The highest BCUT2D eigenvalue weighted by Gasteiger charge is 2.39. The van der Waals surface area contributed by atoms with Crippen LogP contribution in [0.3, 0.4) is 0 Å². The van der Waals surface area contributed by atoms with E-state index in [1.54, 1.807) is 0 Å². The average Bonchev–Trinajstić information content (AvgIpc) is 3.02. The van der Waals surface area contributed by atoms with Gasteiger partial charge < -0.3 is 14.6 Å². The topological polar surface area (TPSA) is 58.4 Å². The highest BCUT2D eigenvalue weighted by Crippen LogP contribution is 2.32.